The molecule has 0 heterocycles. The van der Waals surface area contributed by atoms with E-state index in [0.29, 0.717) is 5.69 Å². The Bertz CT molecular complexity index is 407. The Labute approximate surface area is 110 Å². The number of methoxy groups -OCH3 is 1. The molecule has 1 aromatic carbocycles. The number of nitrogens with two attached hydrogens (primary N) is 1. The van der Waals surface area contributed by atoms with Gasteiger partial charge < -0.3 is 15.8 Å². The molecule has 0 aliphatic rings. The van der Waals surface area contributed by atoms with Gasteiger partial charge >= 0.3 is 0 Å². The van der Waals surface area contributed by atoms with Crippen molar-refractivity contribution >= 4 is 27.5 Å². The second-order valence-electron chi connectivity index (χ2n) is 4.11. The number of carbonyl (C=O) groups is 1. The zero-order valence-electron chi connectivity index (χ0n) is 10.2. The summed E-state index contributed by atoms with van der Waals surface area (Å²) >= 11 is 3.36. The third-order valence-corrected chi connectivity index (χ3v) is 3.06. The van der Waals surface area contributed by atoms with Crippen molar-refractivity contribution in [2.24, 2.45) is 11.7 Å². The van der Waals surface area contributed by atoms with E-state index in [1.54, 1.807) is 25.3 Å². The number of carbonyl (C=O) groups excluding carboxylic acids is 1. The molecule has 0 saturated heterocycles. The van der Waals surface area contributed by atoms with E-state index in [0.717, 1.165) is 10.2 Å². The maximum atomic E-state index is 11.7. The molecule has 3 N–H and O–H groups in total. The molecule has 0 aliphatic carbocycles. The summed E-state index contributed by atoms with van der Waals surface area (Å²) < 4.78 is 5.89. The molecule has 0 aromatic heterocycles. The number of hydrogen-bond donors (Lipinski definition) is 2. The summed E-state index contributed by atoms with van der Waals surface area (Å²) in [4.78, 5) is 11.7. The van der Waals surface area contributed by atoms with Gasteiger partial charge in [-0.15, -0.1) is 0 Å². The molecule has 1 rings (SSSR count). The highest BCUT2D eigenvalue weighted by Gasteiger charge is 2.17. The van der Waals surface area contributed by atoms with Crippen LogP contribution in [0.3, 0.4) is 0 Å². The molecule has 0 saturated carbocycles. The molecule has 0 bridgehead atoms. The number of anilines is 1. The lowest BCUT2D eigenvalue weighted by Crippen LogP contribution is -2.39. The Balaban J connectivity index is 2.76. The van der Waals surface area contributed by atoms with Crippen LogP contribution < -0.4 is 15.8 Å². The predicted molar refractivity (Wildman–Crippen MR) is 72.1 cm³/mol. The summed E-state index contributed by atoms with van der Waals surface area (Å²) in [6.45, 7) is 3.82. The minimum absolute atomic E-state index is 0.108. The monoisotopic (exact) mass is 300 g/mol. The van der Waals surface area contributed by atoms with Crippen molar-refractivity contribution in [1.82, 2.24) is 0 Å². The van der Waals surface area contributed by atoms with E-state index in [1.807, 2.05) is 13.8 Å². The highest BCUT2D eigenvalue weighted by atomic mass is 79.9. The second-order valence-corrected chi connectivity index (χ2v) is 4.96. The van der Waals surface area contributed by atoms with Gasteiger partial charge in [0.15, 0.2) is 0 Å². The fourth-order valence-electron chi connectivity index (χ4n) is 1.27. The molecule has 1 amide bonds. The number of hydrogen-bond acceptors (Lipinski definition) is 3. The summed E-state index contributed by atoms with van der Waals surface area (Å²) in [5.74, 6) is 0.643. The fourth-order valence-corrected chi connectivity index (χ4v) is 1.81. The van der Waals surface area contributed by atoms with E-state index in [2.05, 4.69) is 21.2 Å². The van der Waals surface area contributed by atoms with Crippen molar-refractivity contribution in [3.05, 3.63) is 22.7 Å². The first-order valence-corrected chi connectivity index (χ1v) is 6.15. The van der Waals surface area contributed by atoms with Gasteiger partial charge in [-0.1, -0.05) is 13.8 Å². The Morgan fingerprint density at radius 3 is 2.59 bits per heavy atom. The van der Waals surface area contributed by atoms with Crippen LogP contribution in [-0.2, 0) is 4.79 Å². The van der Waals surface area contributed by atoms with Gasteiger partial charge in [-0.25, -0.2) is 0 Å². The summed E-state index contributed by atoms with van der Waals surface area (Å²) in [5.41, 5.74) is 6.45. The molecular formula is C12H17BrN2O2. The Morgan fingerprint density at radius 2 is 2.12 bits per heavy atom. The van der Waals surface area contributed by atoms with Gasteiger partial charge in [0.1, 0.15) is 5.75 Å². The standard InChI is InChI=1S/C12H17BrN2O2/c1-7(2)11(14)12(16)15-8-4-5-10(17-3)9(13)6-8/h4-7,11H,14H2,1-3H3,(H,15,16)/t11-/m1/s1. The molecule has 0 unspecified atom stereocenters. The molecule has 1 aromatic rings. The second kappa shape index (κ2) is 6.02. The Hall–Kier alpha value is -1.07. The lowest BCUT2D eigenvalue weighted by molar-refractivity contribution is -0.118. The quantitative estimate of drug-likeness (QED) is 0.897. The van der Waals surface area contributed by atoms with Crippen LogP contribution in [0.4, 0.5) is 5.69 Å². The number of ether oxygens (including phenoxy) is 1. The number of amides is 1. The molecule has 94 valence electrons. The van der Waals surface area contributed by atoms with Crippen LogP contribution in [0.25, 0.3) is 0 Å². The SMILES string of the molecule is COc1ccc(NC(=O)[C@H](N)C(C)C)cc1Br. The molecule has 1 atom stereocenters. The van der Waals surface area contributed by atoms with E-state index in [4.69, 9.17) is 10.5 Å². The topological polar surface area (TPSA) is 64.3 Å². The van der Waals surface area contributed by atoms with Crippen LogP contribution in [0.5, 0.6) is 5.75 Å². The molecule has 0 spiro atoms. The lowest BCUT2D eigenvalue weighted by atomic mass is 10.1. The van der Waals surface area contributed by atoms with Gasteiger partial charge in [-0.3, -0.25) is 4.79 Å². The van der Waals surface area contributed by atoms with Crippen LogP contribution >= 0.6 is 15.9 Å². The largest absolute Gasteiger partial charge is 0.496 e. The zero-order chi connectivity index (χ0) is 13.0. The molecule has 0 fully saturated rings. The fraction of sp³-hybridized carbons (Fsp3) is 0.417. The van der Waals surface area contributed by atoms with Crippen molar-refractivity contribution in [1.29, 1.82) is 0 Å². The van der Waals surface area contributed by atoms with Crippen LogP contribution in [0, 0.1) is 5.92 Å². The van der Waals surface area contributed by atoms with Crippen LogP contribution in [-0.4, -0.2) is 19.1 Å². The first kappa shape index (κ1) is 14.0. The van der Waals surface area contributed by atoms with Crippen molar-refractivity contribution in [2.45, 2.75) is 19.9 Å². The third-order valence-electron chi connectivity index (χ3n) is 2.44. The minimum atomic E-state index is -0.504. The molecule has 17 heavy (non-hydrogen) atoms. The van der Waals surface area contributed by atoms with Crippen LogP contribution in [0.2, 0.25) is 0 Å². The number of nitrogens with one attached hydrogen (secondary N) is 1. The first-order valence-electron chi connectivity index (χ1n) is 5.35. The Morgan fingerprint density at radius 1 is 1.47 bits per heavy atom. The molecule has 5 heteroatoms. The summed E-state index contributed by atoms with van der Waals surface area (Å²) in [6.07, 6.45) is 0. The highest BCUT2D eigenvalue weighted by Crippen LogP contribution is 2.27. The van der Waals surface area contributed by atoms with Gasteiger partial charge in [-0.2, -0.15) is 0 Å². The molecule has 0 aliphatic heterocycles. The summed E-state index contributed by atoms with van der Waals surface area (Å²) in [5, 5.41) is 2.77. The average Bonchev–Trinajstić information content (AvgIpc) is 2.28. The number of halogens is 1. The van der Waals surface area contributed by atoms with Gasteiger partial charge in [0.05, 0.1) is 17.6 Å². The van der Waals surface area contributed by atoms with Crippen LogP contribution in [0.1, 0.15) is 13.8 Å². The highest BCUT2D eigenvalue weighted by molar-refractivity contribution is 9.10. The third kappa shape index (κ3) is 3.71. The Kier molecular flexibility index (Phi) is 4.96. The maximum Gasteiger partial charge on any atom is 0.241 e. The van der Waals surface area contributed by atoms with E-state index in [1.165, 1.54) is 0 Å². The van der Waals surface area contributed by atoms with Crippen molar-refractivity contribution < 1.29 is 9.53 Å². The molecule has 0 radical (unpaired) electrons. The van der Waals surface area contributed by atoms with Gasteiger partial charge in [0.2, 0.25) is 5.91 Å². The normalized spacial score (nSPS) is 12.4. The van der Waals surface area contributed by atoms with E-state index in [9.17, 15) is 4.79 Å². The zero-order valence-corrected chi connectivity index (χ0v) is 11.7. The minimum Gasteiger partial charge on any atom is -0.496 e. The first-order chi connectivity index (χ1) is 7.95. The summed E-state index contributed by atoms with van der Waals surface area (Å²) in [6, 6.07) is 4.83. The van der Waals surface area contributed by atoms with Gasteiger partial charge in [0, 0.05) is 5.69 Å². The van der Waals surface area contributed by atoms with E-state index in [-0.39, 0.29) is 11.8 Å². The number of rotatable bonds is 4. The van der Waals surface area contributed by atoms with Gasteiger partial charge in [0.25, 0.3) is 0 Å². The van der Waals surface area contributed by atoms with E-state index < -0.39 is 6.04 Å². The van der Waals surface area contributed by atoms with Crippen molar-refractivity contribution in [2.75, 3.05) is 12.4 Å². The predicted octanol–water partition coefficient (Wildman–Crippen LogP) is 2.38. The summed E-state index contributed by atoms with van der Waals surface area (Å²) in [7, 11) is 1.59. The maximum absolute atomic E-state index is 11.7. The number of benzene rings is 1. The lowest BCUT2D eigenvalue weighted by Gasteiger charge is -2.15. The average molecular weight is 301 g/mol. The van der Waals surface area contributed by atoms with Crippen molar-refractivity contribution in [3.63, 3.8) is 0 Å². The molecular weight excluding hydrogens is 284 g/mol. The smallest absolute Gasteiger partial charge is 0.241 e. The van der Waals surface area contributed by atoms with Crippen molar-refractivity contribution in [3.8, 4) is 5.75 Å². The molecule has 4 nitrogen and oxygen atoms in total. The van der Waals surface area contributed by atoms with Gasteiger partial charge in [-0.05, 0) is 40.0 Å². The van der Waals surface area contributed by atoms with E-state index >= 15 is 0 Å². The van der Waals surface area contributed by atoms with Crippen LogP contribution in [0.15, 0.2) is 22.7 Å².